The summed E-state index contributed by atoms with van der Waals surface area (Å²) in [5.74, 6) is -0.596. The highest BCUT2D eigenvalue weighted by Crippen LogP contribution is 2.30. The number of esters is 1. The Morgan fingerprint density at radius 2 is 1.83 bits per heavy atom. The van der Waals surface area contributed by atoms with Crippen molar-refractivity contribution in [2.75, 3.05) is 5.32 Å². The average Bonchev–Trinajstić information content (AvgIpc) is 2.60. The number of nitro groups is 1. The molecule has 0 amide bonds. The van der Waals surface area contributed by atoms with Gasteiger partial charge in [0.15, 0.2) is 0 Å². The summed E-state index contributed by atoms with van der Waals surface area (Å²) in [6, 6.07) is 13.9. The normalized spacial score (nSPS) is 12.9. The maximum absolute atomic E-state index is 11.5. The zero-order valence-electron chi connectivity index (χ0n) is 13.1. The summed E-state index contributed by atoms with van der Waals surface area (Å²) in [6.07, 6.45) is -1.48. The van der Waals surface area contributed by atoms with Gasteiger partial charge in [-0.05, 0) is 18.2 Å². The van der Waals surface area contributed by atoms with Gasteiger partial charge in [0.05, 0.1) is 10.5 Å². The molecule has 7 heteroatoms. The van der Waals surface area contributed by atoms with Crippen molar-refractivity contribution in [1.82, 2.24) is 0 Å². The van der Waals surface area contributed by atoms with E-state index in [-0.39, 0.29) is 17.7 Å². The van der Waals surface area contributed by atoms with Gasteiger partial charge in [0, 0.05) is 18.2 Å². The molecule has 2 aromatic carbocycles. The molecule has 0 saturated heterocycles. The van der Waals surface area contributed by atoms with E-state index in [4.69, 9.17) is 4.74 Å². The number of anilines is 1. The highest BCUT2D eigenvalue weighted by atomic mass is 16.6. The number of rotatable bonds is 7. The highest BCUT2D eigenvalue weighted by molar-refractivity contribution is 5.69. The fourth-order valence-corrected chi connectivity index (χ4v) is 2.22. The van der Waals surface area contributed by atoms with Crippen molar-refractivity contribution in [3.05, 3.63) is 70.3 Å². The third-order valence-electron chi connectivity index (χ3n) is 3.39. The number of nitro benzene ring substituents is 1. The van der Waals surface area contributed by atoms with Gasteiger partial charge in [0.25, 0.3) is 5.69 Å². The Hall–Kier alpha value is -2.93. The van der Waals surface area contributed by atoms with Crippen molar-refractivity contribution in [1.29, 1.82) is 0 Å². The Morgan fingerprint density at radius 1 is 1.21 bits per heavy atom. The molecule has 7 nitrogen and oxygen atoms in total. The van der Waals surface area contributed by atoms with Gasteiger partial charge in [-0.3, -0.25) is 14.9 Å². The summed E-state index contributed by atoms with van der Waals surface area (Å²) in [5, 5.41) is 24.6. The van der Waals surface area contributed by atoms with Crippen LogP contribution in [-0.4, -0.2) is 22.3 Å². The van der Waals surface area contributed by atoms with Crippen LogP contribution in [0.5, 0.6) is 0 Å². The number of aliphatic hydroxyl groups is 1. The van der Waals surface area contributed by atoms with Crippen molar-refractivity contribution in [3.8, 4) is 0 Å². The summed E-state index contributed by atoms with van der Waals surface area (Å²) in [7, 11) is 0. The van der Waals surface area contributed by atoms with Gasteiger partial charge in [-0.2, -0.15) is 0 Å². The molecular formula is C17H18N2O5. The van der Waals surface area contributed by atoms with Crippen molar-refractivity contribution >= 4 is 17.3 Å². The lowest BCUT2D eigenvalue weighted by Crippen LogP contribution is -2.30. The second-order valence-electron chi connectivity index (χ2n) is 5.04. The number of carbonyl (C=O) groups excluding carboxylic acids is 1. The molecule has 2 unspecified atom stereocenters. The number of hydrogen-bond acceptors (Lipinski definition) is 6. The lowest BCUT2D eigenvalue weighted by Gasteiger charge is -2.25. The van der Waals surface area contributed by atoms with E-state index in [2.05, 4.69) is 5.32 Å². The minimum absolute atomic E-state index is 0.0893. The van der Waals surface area contributed by atoms with Gasteiger partial charge in [0.2, 0.25) is 6.29 Å². The van der Waals surface area contributed by atoms with Gasteiger partial charge >= 0.3 is 5.97 Å². The molecule has 0 bridgehead atoms. The van der Waals surface area contributed by atoms with Crippen molar-refractivity contribution < 1.29 is 19.6 Å². The van der Waals surface area contributed by atoms with E-state index in [1.165, 1.54) is 18.2 Å². The van der Waals surface area contributed by atoms with Crippen LogP contribution in [0.1, 0.15) is 24.9 Å². The molecule has 0 saturated carbocycles. The number of para-hydroxylation sites is 2. The molecule has 2 aromatic rings. The Labute approximate surface area is 139 Å². The number of aliphatic hydroxyl groups excluding tert-OH is 1. The second-order valence-corrected chi connectivity index (χ2v) is 5.04. The van der Waals surface area contributed by atoms with E-state index in [9.17, 15) is 20.0 Å². The molecule has 2 N–H and O–H groups in total. The molecule has 0 fully saturated rings. The molecule has 0 spiro atoms. The number of hydrogen-bond donors (Lipinski definition) is 2. The fraction of sp³-hybridized carbons (Fsp3) is 0.235. The molecule has 126 valence electrons. The van der Waals surface area contributed by atoms with E-state index in [1.807, 2.05) is 6.07 Å². The Bertz CT molecular complexity index is 705. The van der Waals surface area contributed by atoms with Crippen molar-refractivity contribution in [3.63, 3.8) is 0 Å². The van der Waals surface area contributed by atoms with Crippen LogP contribution in [0.25, 0.3) is 0 Å². The predicted molar refractivity (Wildman–Crippen MR) is 88.3 cm³/mol. The molecule has 24 heavy (non-hydrogen) atoms. The van der Waals surface area contributed by atoms with Crippen LogP contribution in [0.3, 0.4) is 0 Å². The van der Waals surface area contributed by atoms with Gasteiger partial charge < -0.3 is 15.2 Å². The summed E-state index contributed by atoms with van der Waals surface area (Å²) in [4.78, 5) is 22.2. The largest absolute Gasteiger partial charge is 0.433 e. The topological polar surface area (TPSA) is 102 Å². The van der Waals surface area contributed by atoms with Crippen LogP contribution in [0, 0.1) is 10.1 Å². The second kappa shape index (κ2) is 8.07. The Morgan fingerprint density at radius 3 is 2.46 bits per heavy atom. The maximum atomic E-state index is 11.5. The van der Waals surface area contributed by atoms with Crippen LogP contribution in [0.2, 0.25) is 0 Å². The first-order chi connectivity index (χ1) is 11.5. The van der Waals surface area contributed by atoms with Gasteiger partial charge in [-0.25, -0.2) is 0 Å². The van der Waals surface area contributed by atoms with E-state index in [0.717, 1.165) is 0 Å². The SMILES string of the molecule is CCC(=O)OC(O)C(Nc1ccccc1)c1ccccc1[N+](=O)[O-]. The van der Waals surface area contributed by atoms with E-state index < -0.39 is 23.2 Å². The summed E-state index contributed by atoms with van der Waals surface area (Å²) in [5.41, 5.74) is 0.688. The molecule has 0 radical (unpaired) electrons. The first-order valence-electron chi connectivity index (χ1n) is 7.45. The maximum Gasteiger partial charge on any atom is 0.307 e. The Kier molecular flexibility index (Phi) is 5.86. The quantitative estimate of drug-likeness (QED) is 0.350. The van der Waals surface area contributed by atoms with Crippen molar-refractivity contribution in [2.24, 2.45) is 0 Å². The van der Waals surface area contributed by atoms with Gasteiger partial charge in [-0.1, -0.05) is 37.3 Å². The molecule has 0 heterocycles. The van der Waals surface area contributed by atoms with Crippen LogP contribution in [0.15, 0.2) is 54.6 Å². The van der Waals surface area contributed by atoms with E-state index >= 15 is 0 Å². The molecular weight excluding hydrogens is 312 g/mol. The summed E-state index contributed by atoms with van der Waals surface area (Å²) in [6.45, 7) is 1.60. The molecule has 0 aromatic heterocycles. The average molecular weight is 330 g/mol. The van der Waals surface area contributed by atoms with Gasteiger partial charge in [0.1, 0.15) is 6.04 Å². The summed E-state index contributed by atoms with van der Waals surface area (Å²) >= 11 is 0. The predicted octanol–water partition coefficient (Wildman–Crippen LogP) is 3.02. The lowest BCUT2D eigenvalue weighted by atomic mass is 10.0. The number of benzene rings is 2. The molecule has 2 rings (SSSR count). The van der Waals surface area contributed by atoms with Crippen LogP contribution < -0.4 is 5.32 Å². The van der Waals surface area contributed by atoms with Crippen LogP contribution >= 0.6 is 0 Å². The zero-order valence-corrected chi connectivity index (χ0v) is 13.1. The highest BCUT2D eigenvalue weighted by Gasteiger charge is 2.30. The molecule has 0 aliphatic carbocycles. The lowest BCUT2D eigenvalue weighted by molar-refractivity contribution is -0.386. The first-order valence-corrected chi connectivity index (χ1v) is 7.45. The number of nitrogens with zero attached hydrogens (tertiary/aromatic N) is 1. The van der Waals surface area contributed by atoms with Crippen molar-refractivity contribution in [2.45, 2.75) is 25.7 Å². The number of carbonyl (C=O) groups is 1. The van der Waals surface area contributed by atoms with Crippen LogP contribution in [0.4, 0.5) is 11.4 Å². The third-order valence-corrected chi connectivity index (χ3v) is 3.39. The minimum atomic E-state index is -1.57. The molecule has 0 aliphatic heterocycles. The van der Waals surface area contributed by atoms with E-state index in [0.29, 0.717) is 5.69 Å². The monoisotopic (exact) mass is 330 g/mol. The zero-order chi connectivity index (χ0) is 17.5. The first kappa shape index (κ1) is 17.4. The van der Waals surface area contributed by atoms with Gasteiger partial charge in [-0.15, -0.1) is 0 Å². The van der Waals surface area contributed by atoms with E-state index in [1.54, 1.807) is 37.3 Å². The standard InChI is InChI=1S/C17H18N2O5/c1-2-15(20)24-17(21)16(18-12-8-4-3-5-9-12)13-10-6-7-11-14(13)19(22)23/h3-11,16-18,21H,2H2,1H3. The fourth-order valence-electron chi connectivity index (χ4n) is 2.22. The number of ether oxygens (including phenoxy) is 1. The number of nitrogens with one attached hydrogen (secondary N) is 1. The third kappa shape index (κ3) is 4.30. The summed E-state index contributed by atoms with van der Waals surface area (Å²) < 4.78 is 4.95. The van der Waals surface area contributed by atoms with Crippen LogP contribution in [-0.2, 0) is 9.53 Å². The smallest absolute Gasteiger partial charge is 0.307 e. The molecule has 2 atom stereocenters. The Balaban J connectivity index is 2.39. The molecule has 0 aliphatic rings. The minimum Gasteiger partial charge on any atom is -0.433 e.